The molecule has 3 aromatic rings. The lowest BCUT2D eigenvalue weighted by atomic mass is 10.0. The predicted octanol–water partition coefficient (Wildman–Crippen LogP) is 3.37. The van der Waals surface area contributed by atoms with Crippen molar-refractivity contribution in [2.45, 2.75) is 31.1 Å². The lowest BCUT2D eigenvalue weighted by Crippen LogP contribution is -2.33. The monoisotopic (exact) mass is 394 g/mol. The second kappa shape index (κ2) is 8.48. The minimum absolute atomic E-state index is 0.0121. The molecule has 1 atom stereocenters. The maximum absolute atomic E-state index is 12.5. The number of aromatic nitrogens is 3. The van der Waals surface area contributed by atoms with Crippen molar-refractivity contribution in [3.05, 3.63) is 71.5 Å². The summed E-state index contributed by atoms with van der Waals surface area (Å²) in [7, 11) is 0. The van der Waals surface area contributed by atoms with Crippen LogP contribution in [0.5, 0.6) is 5.75 Å². The van der Waals surface area contributed by atoms with Gasteiger partial charge in [0, 0.05) is 12.0 Å². The molecule has 0 saturated heterocycles. The highest BCUT2D eigenvalue weighted by Gasteiger charge is 2.23. The second-order valence-electron chi connectivity index (χ2n) is 6.69. The van der Waals surface area contributed by atoms with E-state index in [0.29, 0.717) is 18.9 Å². The first kappa shape index (κ1) is 18.6. The molecule has 1 N–H and O–H groups in total. The number of ether oxygens (including phenoxy) is 1. The summed E-state index contributed by atoms with van der Waals surface area (Å²) < 4.78 is 7.70. The Hall–Kier alpha value is -2.80. The van der Waals surface area contributed by atoms with Gasteiger partial charge in [-0.1, -0.05) is 60.3 Å². The molecule has 0 bridgehead atoms. The van der Waals surface area contributed by atoms with Gasteiger partial charge in [0.15, 0.2) is 5.16 Å². The summed E-state index contributed by atoms with van der Waals surface area (Å²) in [4.78, 5) is 12.5. The van der Waals surface area contributed by atoms with Gasteiger partial charge >= 0.3 is 0 Å². The van der Waals surface area contributed by atoms with E-state index >= 15 is 0 Å². The molecule has 0 unspecified atom stereocenters. The molecule has 6 nitrogen and oxygen atoms in total. The first-order valence-corrected chi connectivity index (χ1v) is 10.3. The van der Waals surface area contributed by atoms with Crippen LogP contribution in [0.2, 0.25) is 0 Å². The molecule has 0 spiro atoms. The first-order valence-electron chi connectivity index (χ1n) is 9.28. The van der Waals surface area contributed by atoms with Gasteiger partial charge in [-0.25, -0.2) is 0 Å². The van der Waals surface area contributed by atoms with Crippen LogP contribution in [-0.4, -0.2) is 33.0 Å². The van der Waals surface area contributed by atoms with Gasteiger partial charge in [-0.3, -0.25) is 4.79 Å². The highest BCUT2D eigenvalue weighted by molar-refractivity contribution is 7.99. The fourth-order valence-corrected chi connectivity index (χ4v) is 4.07. The highest BCUT2D eigenvalue weighted by Crippen LogP contribution is 2.31. The Morgan fingerprint density at radius 2 is 1.96 bits per heavy atom. The summed E-state index contributed by atoms with van der Waals surface area (Å²) in [6.45, 7) is 3.23. The number of fused-ring (bicyclic) bond motifs is 1. The summed E-state index contributed by atoms with van der Waals surface area (Å²) in [5, 5.41) is 12.3. The van der Waals surface area contributed by atoms with E-state index in [1.54, 1.807) is 0 Å². The SMILES string of the molecule is Cc1nnc(SCC(=O)N[C@H]2CCOc3ccccc32)n1Cc1ccccc1. The summed E-state index contributed by atoms with van der Waals surface area (Å²) in [6, 6.07) is 18.0. The average molecular weight is 395 g/mol. The Morgan fingerprint density at radius 3 is 2.82 bits per heavy atom. The number of aryl methyl sites for hydroxylation is 1. The zero-order chi connectivity index (χ0) is 19.3. The first-order chi connectivity index (χ1) is 13.7. The fraction of sp³-hybridized carbons (Fsp3) is 0.286. The van der Waals surface area contributed by atoms with Gasteiger partial charge in [0.1, 0.15) is 11.6 Å². The Morgan fingerprint density at radius 1 is 1.18 bits per heavy atom. The number of amides is 1. The molecule has 1 amide bonds. The van der Waals surface area contributed by atoms with E-state index in [9.17, 15) is 4.79 Å². The van der Waals surface area contributed by atoms with Crippen LogP contribution in [0.3, 0.4) is 0 Å². The molecule has 0 aliphatic carbocycles. The van der Waals surface area contributed by atoms with Crippen LogP contribution in [0.15, 0.2) is 59.8 Å². The smallest absolute Gasteiger partial charge is 0.230 e. The number of hydrogen-bond donors (Lipinski definition) is 1. The standard InChI is InChI=1S/C21H22N4O2S/c1-15-23-24-21(25(15)13-16-7-3-2-4-8-16)28-14-20(26)22-18-11-12-27-19-10-6-5-9-17(18)19/h2-10,18H,11-14H2,1H3,(H,22,26)/t18-/m0/s1. The van der Waals surface area contributed by atoms with Crippen LogP contribution < -0.4 is 10.1 Å². The molecular formula is C21H22N4O2S. The topological polar surface area (TPSA) is 69.0 Å². The maximum atomic E-state index is 12.5. The number of carbonyl (C=O) groups excluding carboxylic acids is 1. The average Bonchev–Trinajstić information content (AvgIpc) is 3.07. The van der Waals surface area contributed by atoms with Crippen molar-refractivity contribution in [1.82, 2.24) is 20.1 Å². The van der Waals surface area contributed by atoms with Crippen LogP contribution in [0.25, 0.3) is 0 Å². The van der Waals surface area contributed by atoms with E-state index in [4.69, 9.17) is 4.74 Å². The molecule has 1 aliphatic rings. The lowest BCUT2D eigenvalue weighted by molar-refractivity contribution is -0.119. The van der Waals surface area contributed by atoms with Crippen molar-refractivity contribution in [3.8, 4) is 5.75 Å². The van der Waals surface area contributed by atoms with Gasteiger partial charge in [0.05, 0.1) is 24.9 Å². The third-order valence-electron chi connectivity index (χ3n) is 4.71. The molecule has 0 fully saturated rings. The number of carbonyl (C=O) groups is 1. The maximum Gasteiger partial charge on any atom is 0.230 e. The number of nitrogens with zero attached hydrogens (tertiary/aromatic N) is 3. The summed E-state index contributed by atoms with van der Waals surface area (Å²) in [5.41, 5.74) is 2.21. The van der Waals surface area contributed by atoms with E-state index in [2.05, 4.69) is 27.6 Å². The van der Waals surface area contributed by atoms with Gasteiger partial charge in [-0.2, -0.15) is 0 Å². The molecule has 1 aliphatic heterocycles. The zero-order valence-electron chi connectivity index (χ0n) is 15.7. The van der Waals surface area contributed by atoms with Crippen molar-refractivity contribution in [1.29, 1.82) is 0 Å². The van der Waals surface area contributed by atoms with Gasteiger partial charge in [0.2, 0.25) is 5.91 Å². The number of benzene rings is 2. The predicted molar refractivity (Wildman–Crippen MR) is 108 cm³/mol. The normalized spacial score (nSPS) is 15.5. The molecule has 1 aromatic heterocycles. The van der Waals surface area contributed by atoms with Crippen molar-refractivity contribution >= 4 is 17.7 Å². The minimum Gasteiger partial charge on any atom is -0.493 e. The minimum atomic E-state index is -0.0152. The fourth-order valence-electron chi connectivity index (χ4n) is 3.27. The molecule has 2 aromatic carbocycles. The molecule has 4 rings (SSSR count). The van der Waals surface area contributed by atoms with Crippen molar-refractivity contribution in [2.24, 2.45) is 0 Å². The molecule has 144 valence electrons. The Balaban J connectivity index is 1.38. The van der Waals surface area contributed by atoms with E-state index < -0.39 is 0 Å². The number of para-hydroxylation sites is 1. The summed E-state index contributed by atoms with van der Waals surface area (Å²) in [5.74, 6) is 1.97. The lowest BCUT2D eigenvalue weighted by Gasteiger charge is -2.26. The van der Waals surface area contributed by atoms with Gasteiger partial charge in [-0.05, 0) is 18.6 Å². The Bertz CT molecular complexity index is 958. The number of hydrogen-bond acceptors (Lipinski definition) is 5. The Labute approximate surface area is 168 Å². The summed E-state index contributed by atoms with van der Waals surface area (Å²) in [6.07, 6.45) is 0.775. The summed E-state index contributed by atoms with van der Waals surface area (Å²) >= 11 is 1.41. The van der Waals surface area contributed by atoms with Gasteiger partial charge in [0.25, 0.3) is 0 Å². The van der Waals surface area contributed by atoms with Gasteiger partial charge in [-0.15, -0.1) is 10.2 Å². The third-order valence-corrected chi connectivity index (χ3v) is 5.68. The van der Waals surface area contributed by atoms with E-state index in [-0.39, 0.29) is 11.9 Å². The zero-order valence-corrected chi connectivity index (χ0v) is 16.5. The van der Waals surface area contributed by atoms with Crippen molar-refractivity contribution < 1.29 is 9.53 Å². The molecule has 28 heavy (non-hydrogen) atoms. The highest BCUT2D eigenvalue weighted by atomic mass is 32.2. The van der Waals surface area contributed by atoms with Gasteiger partial charge < -0.3 is 14.6 Å². The third kappa shape index (κ3) is 4.20. The molecule has 2 heterocycles. The van der Waals surface area contributed by atoms with E-state index in [0.717, 1.165) is 28.7 Å². The largest absolute Gasteiger partial charge is 0.493 e. The second-order valence-corrected chi connectivity index (χ2v) is 7.63. The van der Waals surface area contributed by atoms with Crippen LogP contribution in [0.4, 0.5) is 0 Å². The van der Waals surface area contributed by atoms with Crippen LogP contribution in [0.1, 0.15) is 29.4 Å². The van der Waals surface area contributed by atoms with Crippen LogP contribution in [0, 0.1) is 6.92 Å². The molecular weight excluding hydrogens is 372 g/mol. The number of thioether (sulfide) groups is 1. The number of nitrogens with one attached hydrogen (secondary N) is 1. The Kier molecular flexibility index (Phi) is 5.62. The van der Waals surface area contributed by atoms with Crippen LogP contribution in [-0.2, 0) is 11.3 Å². The van der Waals surface area contributed by atoms with Crippen LogP contribution >= 0.6 is 11.8 Å². The molecule has 0 saturated carbocycles. The molecule has 0 radical (unpaired) electrons. The van der Waals surface area contributed by atoms with Crippen molar-refractivity contribution in [3.63, 3.8) is 0 Å². The molecule has 7 heteroatoms. The van der Waals surface area contributed by atoms with E-state index in [1.165, 1.54) is 17.3 Å². The number of rotatable bonds is 6. The van der Waals surface area contributed by atoms with Crippen molar-refractivity contribution in [2.75, 3.05) is 12.4 Å². The van der Waals surface area contributed by atoms with E-state index in [1.807, 2.05) is 54.0 Å². The quantitative estimate of drug-likeness (QED) is 0.649.